The zero-order valence-electron chi connectivity index (χ0n) is 17.8. The van der Waals surface area contributed by atoms with Crippen LogP contribution in [0.3, 0.4) is 0 Å². The number of anilines is 2. The van der Waals surface area contributed by atoms with Crippen molar-refractivity contribution in [1.29, 1.82) is 0 Å². The van der Waals surface area contributed by atoms with Crippen LogP contribution in [0, 0.1) is 11.8 Å². The number of hydrogen-bond acceptors (Lipinski definition) is 8. The van der Waals surface area contributed by atoms with Crippen LogP contribution >= 0.6 is 11.6 Å². The summed E-state index contributed by atoms with van der Waals surface area (Å²) in [5.41, 5.74) is 8.07. The van der Waals surface area contributed by atoms with E-state index in [9.17, 15) is 4.21 Å². The number of halogens is 1. The van der Waals surface area contributed by atoms with E-state index in [0.717, 1.165) is 73.4 Å². The molecule has 8 nitrogen and oxygen atoms in total. The number of fused-ring (bicyclic) bond motifs is 2. The molecule has 2 aliphatic heterocycles. The molecule has 1 saturated heterocycles. The average molecular weight is 472 g/mol. The van der Waals surface area contributed by atoms with Gasteiger partial charge in [-0.3, -0.25) is 4.21 Å². The lowest BCUT2D eigenvalue weighted by Gasteiger charge is -2.42. The van der Waals surface area contributed by atoms with Crippen molar-refractivity contribution in [3.63, 3.8) is 0 Å². The molecule has 4 aliphatic rings. The first-order chi connectivity index (χ1) is 15.5. The number of nitrogens with zero attached hydrogens (tertiary/aromatic N) is 5. The zero-order chi connectivity index (χ0) is 21.9. The van der Waals surface area contributed by atoms with Gasteiger partial charge in [0.25, 0.3) is 0 Å². The summed E-state index contributed by atoms with van der Waals surface area (Å²) >= 11 is 5.93. The number of aromatic nitrogens is 4. The molecule has 3 N–H and O–H groups in total. The highest BCUT2D eigenvalue weighted by atomic mass is 35.5. The lowest BCUT2D eigenvalue weighted by atomic mass is 9.77. The molecule has 2 aromatic heterocycles. The van der Waals surface area contributed by atoms with Crippen molar-refractivity contribution in [2.24, 2.45) is 17.6 Å². The number of hydrogen-bond donors (Lipinski definition) is 2. The molecule has 32 heavy (non-hydrogen) atoms. The van der Waals surface area contributed by atoms with E-state index in [1.807, 2.05) is 0 Å². The standard InChI is InChI=1S/C22H26ClN7OS/c23-16-8-25-19(26-9-16)13-6-14-10-30(11-15(14)7-13)21-27-17-2-5-32(31)18(17)20(28-21)29-22(12-24)3-1-4-22/h6,8-9,14-15H,1-5,7,10-12,24H2,(H,27,28,29)/t14?,15?,32-/m1/s1. The largest absolute Gasteiger partial charge is 0.362 e. The number of rotatable bonds is 5. The summed E-state index contributed by atoms with van der Waals surface area (Å²) in [6.45, 7) is 2.31. The highest BCUT2D eigenvalue weighted by Gasteiger charge is 2.41. The van der Waals surface area contributed by atoms with Gasteiger partial charge in [-0.05, 0) is 43.1 Å². The maximum Gasteiger partial charge on any atom is 0.227 e. The summed E-state index contributed by atoms with van der Waals surface area (Å²) < 4.78 is 12.7. The van der Waals surface area contributed by atoms with Crippen LogP contribution in [0.4, 0.5) is 11.8 Å². The minimum atomic E-state index is -1.05. The quantitative estimate of drug-likeness (QED) is 0.684. The lowest BCUT2D eigenvalue weighted by Crippen LogP contribution is -2.51. The Hall–Kier alpha value is -2.10. The topological polar surface area (TPSA) is 110 Å². The van der Waals surface area contributed by atoms with Gasteiger partial charge in [-0.25, -0.2) is 15.0 Å². The molecule has 6 rings (SSSR count). The number of aryl methyl sites for hydroxylation is 1. The van der Waals surface area contributed by atoms with Crippen molar-refractivity contribution in [2.75, 3.05) is 35.6 Å². The van der Waals surface area contributed by atoms with E-state index in [-0.39, 0.29) is 5.54 Å². The Morgan fingerprint density at radius 1 is 1.25 bits per heavy atom. The van der Waals surface area contributed by atoms with E-state index in [2.05, 4.69) is 26.3 Å². The van der Waals surface area contributed by atoms with E-state index in [1.54, 1.807) is 12.4 Å². The predicted molar refractivity (Wildman–Crippen MR) is 125 cm³/mol. The fourth-order valence-electron chi connectivity index (χ4n) is 5.36. The number of allylic oxidation sites excluding steroid dienone is 1. The van der Waals surface area contributed by atoms with E-state index >= 15 is 0 Å². The van der Waals surface area contributed by atoms with Crippen molar-refractivity contribution >= 4 is 39.7 Å². The third kappa shape index (κ3) is 3.41. The zero-order valence-corrected chi connectivity index (χ0v) is 19.3. The molecule has 1 saturated carbocycles. The van der Waals surface area contributed by atoms with Gasteiger partial charge < -0.3 is 16.0 Å². The Labute approximate surface area is 194 Å². The summed E-state index contributed by atoms with van der Waals surface area (Å²) in [6.07, 6.45) is 10.5. The molecule has 0 radical (unpaired) electrons. The van der Waals surface area contributed by atoms with E-state index in [4.69, 9.17) is 27.3 Å². The second-order valence-electron chi connectivity index (χ2n) is 9.36. The van der Waals surface area contributed by atoms with Crippen LogP contribution in [-0.2, 0) is 17.2 Å². The first kappa shape index (κ1) is 20.5. The molecule has 0 amide bonds. The molecule has 3 atom stereocenters. The van der Waals surface area contributed by atoms with Gasteiger partial charge in [0.1, 0.15) is 10.7 Å². The lowest BCUT2D eigenvalue weighted by molar-refractivity contribution is 0.286. The van der Waals surface area contributed by atoms with Gasteiger partial charge in [0, 0.05) is 44.2 Å². The van der Waals surface area contributed by atoms with Gasteiger partial charge in [0.2, 0.25) is 5.95 Å². The Morgan fingerprint density at radius 2 is 2.06 bits per heavy atom. The third-order valence-electron chi connectivity index (χ3n) is 7.34. The van der Waals surface area contributed by atoms with Gasteiger partial charge in [-0.15, -0.1) is 0 Å². The van der Waals surface area contributed by atoms with Gasteiger partial charge in [0.15, 0.2) is 5.82 Å². The van der Waals surface area contributed by atoms with Gasteiger partial charge in [0.05, 0.1) is 27.1 Å². The second kappa shape index (κ2) is 7.74. The molecule has 4 heterocycles. The molecular weight excluding hydrogens is 446 g/mol. The van der Waals surface area contributed by atoms with E-state index in [0.29, 0.717) is 29.2 Å². The fourth-order valence-corrected chi connectivity index (χ4v) is 6.77. The van der Waals surface area contributed by atoms with E-state index < -0.39 is 10.8 Å². The van der Waals surface area contributed by atoms with Crippen molar-refractivity contribution in [2.45, 2.75) is 42.5 Å². The van der Waals surface area contributed by atoms with Crippen LogP contribution in [0.2, 0.25) is 5.02 Å². The molecule has 2 fully saturated rings. The van der Waals surface area contributed by atoms with Crippen molar-refractivity contribution in [1.82, 2.24) is 19.9 Å². The summed E-state index contributed by atoms with van der Waals surface area (Å²) in [5, 5.41) is 4.14. The molecule has 0 spiro atoms. The van der Waals surface area contributed by atoms with Crippen molar-refractivity contribution < 1.29 is 4.21 Å². The number of nitrogens with one attached hydrogen (secondary N) is 1. The van der Waals surface area contributed by atoms with Crippen molar-refractivity contribution in [3.8, 4) is 0 Å². The molecular formula is C22H26ClN7OS. The summed E-state index contributed by atoms with van der Waals surface area (Å²) in [4.78, 5) is 21.6. The van der Waals surface area contributed by atoms with Gasteiger partial charge in [-0.1, -0.05) is 17.7 Å². The minimum Gasteiger partial charge on any atom is -0.362 e. The van der Waals surface area contributed by atoms with Crippen LogP contribution < -0.4 is 16.0 Å². The highest BCUT2D eigenvalue weighted by Crippen LogP contribution is 2.42. The summed E-state index contributed by atoms with van der Waals surface area (Å²) in [6, 6.07) is 0. The maximum absolute atomic E-state index is 12.7. The first-order valence-electron chi connectivity index (χ1n) is 11.2. The van der Waals surface area contributed by atoms with Crippen LogP contribution in [0.25, 0.3) is 5.57 Å². The molecule has 2 aliphatic carbocycles. The smallest absolute Gasteiger partial charge is 0.227 e. The second-order valence-corrected chi connectivity index (χ2v) is 11.3. The normalized spacial score (nSPS) is 27.6. The Balaban J connectivity index is 1.26. The number of nitrogens with two attached hydrogens (primary N) is 1. The molecule has 2 unspecified atom stereocenters. The average Bonchev–Trinajstić information content (AvgIpc) is 3.44. The van der Waals surface area contributed by atoms with Crippen LogP contribution in [0.5, 0.6) is 0 Å². The molecule has 168 valence electrons. The highest BCUT2D eigenvalue weighted by molar-refractivity contribution is 7.85. The molecule has 0 bridgehead atoms. The van der Waals surface area contributed by atoms with Crippen LogP contribution in [-0.4, -0.2) is 55.1 Å². The Kier molecular flexibility index (Phi) is 4.96. The van der Waals surface area contributed by atoms with Crippen LogP contribution in [0.15, 0.2) is 23.4 Å². The van der Waals surface area contributed by atoms with Crippen LogP contribution in [0.1, 0.15) is 37.2 Å². The molecule has 2 aromatic rings. The predicted octanol–water partition coefficient (Wildman–Crippen LogP) is 2.42. The summed E-state index contributed by atoms with van der Waals surface area (Å²) in [5.74, 6) is 3.78. The maximum atomic E-state index is 12.7. The Bertz CT molecular complexity index is 1110. The summed E-state index contributed by atoms with van der Waals surface area (Å²) in [7, 11) is -1.05. The first-order valence-corrected chi connectivity index (χ1v) is 12.9. The monoisotopic (exact) mass is 471 g/mol. The third-order valence-corrected chi connectivity index (χ3v) is 8.99. The van der Waals surface area contributed by atoms with E-state index in [1.165, 1.54) is 5.57 Å². The minimum absolute atomic E-state index is 0.121. The molecule has 0 aromatic carbocycles. The molecule has 10 heteroatoms. The SMILES string of the molecule is NCC1(Nc2nc(N3CC4C=C(c5ncc(Cl)cn5)CC4C3)nc3c2[S@](=O)CC3)CCC1. The fraction of sp³-hybridized carbons (Fsp3) is 0.545. The van der Waals surface area contributed by atoms with Gasteiger partial charge in [-0.2, -0.15) is 4.98 Å². The van der Waals surface area contributed by atoms with Gasteiger partial charge >= 0.3 is 0 Å². The Morgan fingerprint density at radius 3 is 2.75 bits per heavy atom. The van der Waals surface area contributed by atoms with Crippen molar-refractivity contribution in [3.05, 3.63) is 35.0 Å².